The van der Waals surface area contributed by atoms with Gasteiger partial charge >= 0.3 is 0 Å². The normalized spacial score (nSPS) is 18.2. The Bertz CT molecular complexity index is 665. The van der Waals surface area contributed by atoms with E-state index in [4.69, 9.17) is 4.42 Å². The second-order valence-electron chi connectivity index (χ2n) is 6.70. The van der Waals surface area contributed by atoms with Crippen LogP contribution >= 0.6 is 0 Å². The van der Waals surface area contributed by atoms with Crippen molar-refractivity contribution in [3.63, 3.8) is 0 Å². The minimum absolute atomic E-state index is 0.0873. The van der Waals surface area contributed by atoms with E-state index in [0.29, 0.717) is 18.3 Å². The number of piperazine rings is 1. The maximum Gasteiger partial charge on any atom is 0.230 e. The average molecular weight is 332 g/mol. The highest BCUT2D eigenvalue weighted by Crippen LogP contribution is 2.24. The molecule has 1 aromatic carbocycles. The molecular formula is C18H25FN4O. The fourth-order valence-electron chi connectivity index (χ4n) is 3.07. The highest BCUT2D eigenvalue weighted by atomic mass is 19.1. The number of benzene rings is 1. The van der Waals surface area contributed by atoms with E-state index in [9.17, 15) is 4.39 Å². The number of halogens is 1. The number of hydrogen-bond acceptors (Lipinski definition) is 5. The Morgan fingerprint density at radius 1 is 1.08 bits per heavy atom. The van der Waals surface area contributed by atoms with E-state index in [1.54, 1.807) is 6.07 Å². The van der Waals surface area contributed by atoms with Crippen LogP contribution in [0.4, 0.5) is 4.39 Å². The topological polar surface area (TPSA) is 45.4 Å². The molecule has 1 saturated heterocycles. The SMILES string of the molecule is CC(C)c1nnc(CN2CCN([C@@H](C)c3ccccc3F)CC2)o1. The van der Waals surface area contributed by atoms with Gasteiger partial charge in [0.1, 0.15) is 5.82 Å². The van der Waals surface area contributed by atoms with Gasteiger partial charge in [-0.25, -0.2) is 4.39 Å². The number of hydrogen-bond donors (Lipinski definition) is 0. The van der Waals surface area contributed by atoms with Gasteiger partial charge in [0.2, 0.25) is 11.8 Å². The quantitative estimate of drug-likeness (QED) is 0.841. The van der Waals surface area contributed by atoms with Gasteiger partial charge in [0, 0.05) is 43.7 Å². The summed E-state index contributed by atoms with van der Waals surface area (Å²) >= 11 is 0. The van der Waals surface area contributed by atoms with Gasteiger partial charge in [-0.05, 0) is 13.0 Å². The monoisotopic (exact) mass is 332 g/mol. The summed E-state index contributed by atoms with van der Waals surface area (Å²) in [6.45, 7) is 10.5. The van der Waals surface area contributed by atoms with Crippen LogP contribution in [0.15, 0.2) is 28.7 Å². The third kappa shape index (κ3) is 3.82. The van der Waals surface area contributed by atoms with Crippen molar-refractivity contribution in [3.05, 3.63) is 47.4 Å². The minimum Gasteiger partial charge on any atom is -0.424 e. The Hall–Kier alpha value is -1.79. The van der Waals surface area contributed by atoms with E-state index in [2.05, 4.69) is 26.9 Å². The van der Waals surface area contributed by atoms with Gasteiger partial charge in [-0.3, -0.25) is 9.80 Å². The highest BCUT2D eigenvalue weighted by molar-refractivity contribution is 5.20. The van der Waals surface area contributed by atoms with Gasteiger partial charge in [-0.15, -0.1) is 10.2 Å². The lowest BCUT2D eigenvalue weighted by molar-refractivity contribution is 0.0905. The molecule has 0 spiro atoms. The molecule has 130 valence electrons. The Balaban J connectivity index is 1.54. The van der Waals surface area contributed by atoms with Crippen molar-refractivity contribution in [2.45, 2.75) is 39.3 Å². The molecular weight excluding hydrogens is 307 g/mol. The number of rotatable bonds is 5. The van der Waals surface area contributed by atoms with Crippen molar-refractivity contribution >= 4 is 0 Å². The smallest absolute Gasteiger partial charge is 0.230 e. The maximum absolute atomic E-state index is 14.0. The van der Waals surface area contributed by atoms with Gasteiger partial charge < -0.3 is 4.42 Å². The molecule has 6 heteroatoms. The van der Waals surface area contributed by atoms with Crippen molar-refractivity contribution in [3.8, 4) is 0 Å². The van der Waals surface area contributed by atoms with E-state index in [1.807, 2.05) is 26.0 Å². The van der Waals surface area contributed by atoms with Gasteiger partial charge in [-0.1, -0.05) is 32.0 Å². The van der Waals surface area contributed by atoms with Crippen molar-refractivity contribution < 1.29 is 8.81 Å². The average Bonchev–Trinajstić information content (AvgIpc) is 3.04. The molecule has 1 aliphatic heterocycles. The molecule has 0 N–H and O–H groups in total. The summed E-state index contributed by atoms with van der Waals surface area (Å²) in [6, 6.07) is 7.12. The first-order chi connectivity index (χ1) is 11.5. The summed E-state index contributed by atoms with van der Waals surface area (Å²) in [7, 11) is 0. The second-order valence-corrected chi connectivity index (χ2v) is 6.70. The van der Waals surface area contributed by atoms with Crippen LogP contribution in [0.1, 0.15) is 50.1 Å². The van der Waals surface area contributed by atoms with Crippen molar-refractivity contribution in [2.75, 3.05) is 26.2 Å². The molecule has 3 rings (SSSR count). The van der Waals surface area contributed by atoms with Crippen LogP contribution in [0.2, 0.25) is 0 Å². The third-order valence-electron chi connectivity index (χ3n) is 4.65. The fourth-order valence-corrected chi connectivity index (χ4v) is 3.07. The third-order valence-corrected chi connectivity index (χ3v) is 4.65. The molecule has 1 fully saturated rings. The van der Waals surface area contributed by atoms with Crippen LogP contribution in [-0.2, 0) is 6.54 Å². The Kier molecular flexibility index (Phi) is 5.26. The molecule has 2 aromatic rings. The van der Waals surface area contributed by atoms with Gasteiger partial charge in [0.25, 0.3) is 0 Å². The molecule has 1 atom stereocenters. The zero-order chi connectivity index (χ0) is 17.1. The lowest BCUT2D eigenvalue weighted by Crippen LogP contribution is -2.46. The predicted molar refractivity (Wildman–Crippen MR) is 90.1 cm³/mol. The highest BCUT2D eigenvalue weighted by Gasteiger charge is 2.24. The number of nitrogens with zero attached hydrogens (tertiary/aromatic N) is 4. The van der Waals surface area contributed by atoms with Gasteiger partial charge in [-0.2, -0.15) is 0 Å². The fraction of sp³-hybridized carbons (Fsp3) is 0.556. The lowest BCUT2D eigenvalue weighted by Gasteiger charge is -2.37. The summed E-state index contributed by atoms with van der Waals surface area (Å²) in [5.41, 5.74) is 0.768. The largest absolute Gasteiger partial charge is 0.424 e. The van der Waals surface area contributed by atoms with E-state index in [1.165, 1.54) is 6.07 Å². The lowest BCUT2D eigenvalue weighted by atomic mass is 10.1. The van der Waals surface area contributed by atoms with Crippen LogP contribution in [0.5, 0.6) is 0 Å². The summed E-state index contributed by atoms with van der Waals surface area (Å²) in [5, 5.41) is 8.20. The Labute approximate surface area is 142 Å². The van der Waals surface area contributed by atoms with E-state index < -0.39 is 0 Å². The van der Waals surface area contributed by atoms with Crippen LogP contribution in [0, 0.1) is 5.82 Å². The second kappa shape index (κ2) is 7.40. The molecule has 0 radical (unpaired) electrons. The molecule has 0 unspecified atom stereocenters. The van der Waals surface area contributed by atoms with Gasteiger partial charge in [0.15, 0.2) is 0 Å². The summed E-state index contributed by atoms with van der Waals surface area (Å²) < 4.78 is 19.6. The minimum atomic E-state index is -0.125. The van der Waals surface area contributed by atoms with E-state index in [0.717, 1.165) is 31.7 Å². The number of aromatic nitrogens is 2. The molecule has 0 saturated carbocycles. The van der Waals surface area contributed by atoms with Crippen LogP contribution < -0.4 is 0 Å². The van der Waals surface area contributed by atoms with E-state index in [-0.39, 0.29) is 17.8 Å². The first-order valence-electron chi connectivity index (χ1n) is 8.57. The Morgan fingerprint density at radius 2 is 1.79 bits per heavy atom. The maximum atomic E-state index is 14.0. The van der Waals surface area contributed by atoms with Crippen LogP contribution in [-0.4, -0.2) is 46.2 Å². The Morgan fingerprint density at radius 3 is 2.42 bits per heavy atom. The van der Waals surface area contributed by atoms with Crippen LogP contribution in [0.25, 0.3) is 0 Å². The molecule has 24 heavy (non-hydrogen) atoms. The first kappa shape index (κ1) is 17.0. The van der Waals surface area contributed by atoms with Crippen molar-refractivity contribution in [2.24, 2.45) is 0 Å². The molecule has 0 aliphatic carbocycles. The molecule has 1 aromatic heterocycles. The molecule has 2 heterocycles. The van der Waals surface area contributed by atoms with Gasteiger partial charge in [0.05, 0.1) is 6.54 Å². The zero-order valence-corrected chi connectivity index (χ0v) is 14.6. The summed E-state index contributed by atoms with van der Waals surface area (Å²) in [6.07, 6.45) is 0. The van der Waals surface area contributed by atoms with Crippen molar-refractivity contribution in [1.29, 1.82) is 0 Å². The summed E-state index contributed by atoms with van der Waals surface area (Å²) in [5.74, 6) is 1.50. The summed E-state index contributed by atoms with van der Waals surface area (Å²) in [4.78, 5) is 4.63. The predicted octanol–water partition coefficient (Wildman–Crippen LogP) is 3.21. The zero-order valence-electron chi connectivity index (χ0n) is 14.6. The van der Waals surface area contributed by atoms with Crippen LogP contribution in [0.3, 0.4) is 0 Å². The molecule has 5 nitrogen and oxygen atoms in total. The molecule has 0 amide bonds. The standard InChI is InChI=1S/C18H25FN4O/c1-13(2)18-21-20-17(24-18)12-22-8-10-23(11-9-22)14(3)15-6-4-5-7-16(15)19/h4-7,13-14H,8-12H2,1-3H3/t14-/m0/s1. The first-order valence-corrected chi connectivity index (χ1v) is 8.57. The molecule has 1 aliphatic rings. The van der Waals surface area contributed by atoms with Crippen molar-refractivity contribution in [1.82, 2.24) is 20.0 Å². The molecule has 0 bridgehead atoms. The van der Waals surface area contributed by atoms with E-state index >= 15 is 0 Å².